The smallest absolute Gasteiger partial charge is 0.459 e. The number of benzene rings is 1. The fourth-order valence-corrected chi connectivity index (χ4v) is 2.08. The lowest BCUT2D eigenvalue weighted by Crippen LogP contribution is -2.20. The molecule has 1 unspecified atom stereocenters. The molecule has 2 heterocycles. The summed E-state index contributed by atoms with van der Waals surface area (Å²) >= 11 is 0. The standard InChI is InChI=1S/C15H11F3N2O5/c16-15(17,18)25-10-5-3-9(4-6-10)11(21)8-20-14(22)24-13(19-20)12-2-1-7-23-12/h1-7,11,21H,8H2. The number of aliphatic hydroxyl groups excluding tert-OH is 1. The molecule has 3 rings (SSSR count). The van der Waals surface area contributed by atoms with Crippen molar-refractivity contribution in [2.75, 3.05) is 0 Å². The van der Waals surface area contributed by atoms with Crippen molar-refractivity contribution < 1.29 is 31.8 Å². The molecule has 1 N–H and O–H groups in total. The SMILES string of the molecule is O=c1oc(-c2ccco2)nn1CC(O)c1ccc(OC(F)(F)F)cc1. The topological polar surface area (TPSA) is 90.6 Å². The number of alkyl halides is 3. The number of nitrogens with zero attached hydrogens (tertiary/aromatic N) is 2. The highest BCUT2D eigenvalue weighted by molar-refractivity contribution is 5.42. The molecule has 7 nitrogen and oxygen atoms in total. The highest BCUT2D eigenvalue weighted by atomic mass is 19.4. The summed E-state index contributed by atoms with van der Waals surface area (Å²) in [5.74, 6) is -1.01. The van der Waals surface area contributed by atoms with Gasteiger partial charge in [0, 0.05) is 0 Å². The molecule has 0 aliphatic rings. The van der Waals surface area contributed by atoms with E-state index in [0.29, 0.717) is 0 Å². The first kappa shape index (κ1) is 16.8. The van der Waals surface area contributed by atoms with Gasteiger partial charge in [-0.05, 0) is 29.8 Å². The van der Waals surface area contributed by atoms with Crippen molar-refractivity contribution in [3.05, 3.63) is 58.8 Å². The second kappa shape index (κ2) is 6.48. The molecule has 0 aliphatic heterocycles. The van der Waals surface area contributed by atoms with E-state index in [9.17, 15) is 23.1 Å². The summed E-state index contributed by atoms with van der Waals surface area (Å²) in [6, 6.07) is 7.77. The van der Waals surface area contributed by atoms with Crippen LogP contribution in [0.3, 0.4) is 0 Å². The Kier molecular flexibility index (Phi) is 4.36. The van der Waals surface area contributed by atoms with Crippen LogP contribution in [0.1, 0.15) is 11.7 Å². The molecule has 10 heteroatoms. The van der Waals surface area contributed by atoms with Crippen LogP contribution < -0.4 is 10.5 Å². The maximum Gasteiger partial charge on any atom is 0.573 e. The summed E-state index contributed by atoms with van der Waals surface area (Å²) in [5, 5.41) is 14.0. The third-order valence-corrected chi connectivity index (χ3v) is 3.18. The van der Waals surface area contributed by atoms with Gasteiger partial charge < -0.3 is 18.7 Å². The monoisotopic (exact) mass is 356 g/mol. The van der Waals surface area contributed by atoms with Gasteiger partial charge in [0.05, 0.1) is 18.9 Å². The highest BCUT2D eigenvalue weighted by Gasteiger charge is 2.31. The molecular formula is C15H11F3N2O5. The first-order valence-electron chi connectivity index (χ1n) is 6.97. The number of hydrogen-bond acceptors (Lipinski definition) is 6. The van der Waals surface area contributed by atoms with E-state index in [0.717, 1.165) is 16.8 Å². The summed E-state index contributed by atoms with van der Waals surface area (Å²) < 4.78 is 51.0. The number of aliphatic hydroxyl groups is 1. The van der Waals surface area contributed by atoms with Crippen molar-refractivity contribution in [2.45, 2.75) is 19.0 Å². The Balaban J connectivity index is 1.72. The zero-order valence-corrected chi connectivity index (χ0v) is 12.4. The third-order valence-electron chi connectivity index (χ3n) is 3.18. The summed E-state index contributed by atoms with van der Waals surface area (Å²) in [4.78, 5) is 11.7. The van der Waals surface area contributed by atoms with Gasteiger partial charge in [0.1, 0.15) is 5.75 Å². The van der Waals surface area contributed by atoms with Crippen molar-refractivity contribution in [3.8, 4) is 17.4 Å². The Morgan fingerprint density at radius 1 is 1.24 bits per heavy atom. The van der Waals surface area contributed by atoms with Gasteiger partial charge in [-0.15, -0.1) is 18.3 Å². The molecule has 0 saturated carbocycles. The lowest BCUT2D eigenvalue weighted by Gasteiger charge is -2.12. The average molecular weight is 356 g/mol. The average Bonchev–Trinajstić information content (AvgIpc) is 3.17. The van der Waals surface area contributed by atoms with Crippen LogP contribution in [-0.2, 0) is 6.54 Å². The summed E-state index contributed by atoms with van der Waals surface area (Å²) in [5.41, 5.74) is 0.281. The Bertz CT molecular complexity index is 881. The summed E-state index contributed by atoms with van der Waals surface area (Å²) in [6.45, 7) is -0.248. The molecule has 25 heavy (non-hydrogen) atoms. The number of aromatic nitrogens is 2. The van der Waals surface area contributed by atoms with Gasteiger partial charge in [0.2, 0.25) is 0 Å². The Morgan fingerprint density at radius 3 is 2.56 bits per heavy atom. The zero-order valence-electron chi connectivity index (χ0n) is 12.4. The van der Waals surface area contributed by atoms with Crippen LogP contribution in [0.25, 0.3) is 11.7 Å². The number of ether oxygens (including phenoxy) is 1. The lowest BCUT2D eigenvalue weighted by atomic mass is 10.1. The molecule has 0 radical (unpaired) electrons. The van der Waals surface area contributed by atoms with Crippen LogP contribution in [0, 0.1) is 0 Å². The summed E-state index contributed by atoms with van der Waals surface area (Å²) in [7, 11) is 0. The highest BCUT2D eigenvalue weighted by Crippen LogP contribution is 2.25. The molecule has 0 saturated heterocycles. The first-order valence-corrected chi connectivity index (χ1v) is 6.97. The van der Waals surface area contributed by atoms with E-state index in [4.69, 9.17) is 8.83 Å². The van der Waals surface area contributed by atoms with Gasteiger partial charge in [0.15, 0.2) is 5.76 Å². The van der Waals surface area contributed by atoms with Crippen LogP contribution in [0.15, 0.2) is 56.3 Å². The van der Waals surface area contributed by atoms with Crippen molar-refractivity contribution in [1.29, 1.82) is 0 Å². The van der Waals surface area contributed by atoms with Crippen LogP contribution >= 0.6 is 0 Å². The minimum atomic E-state index is -4.80. The molecule has 0 amide bonds. The van der Waals surface area contributed by atoms with E-state index >= 15 is 0 Å². The van der Waals surface area contributed by atoms with Gasteiger partial charge in [-0.25, -0.2) is 4.79 Å². The van der Waals surface area contributed by atoms with Crippen molar-refractivity contribution in [1.82, 2.24) is 9.78 Å². The molecule has 1 atom stereocenters. The van der Waals surface area contributed by atoms with Crippen molar-refractivity contribution >= 4 is 0 Å². The van der Waals surface area contributed by atoms with Crippen LogP contribution in [-0.4, -0.2) is 21.2 Å². The molecule has 2 aromatic heterocycles. The largest absolute Gasteiger partial charge is 0.573 e. The molecule has 0 spiro atoms. The van der Waals surface area contributed by atoms with E-state index in [1.54, 1.807) is 12.1 Å². The number of hydrogen-bond donors (Lipinski definition) is 1. The minimum absolute atomic E-state index is 0.0453. The molecule has 1 aromatic carbocycles. The van der Waals surface area contributed by atoms with Gasteiger partial charge in [-0.1, -0.05) is 12.1 Å². The van der Waals surface area contributed by atoms with Gasteiger partial charge >= 0.3 is 12.1 Å². The molecule has 3 aromatic rings. The maximum absolute atomic E-state index is 12.1. The van der Waals surface area contributed by atoms with E-state index in [1.165, 1.54) is 18.4 Å². The predicted octanol–water partition coefficient (Wildman–Crippen LogP) is 2.73. The second-order valence-corrected chi connectivity index (χ2v) is 4.97. The molecular weight excluding hydrogens is 345 g/mol. The quantitative estimate of drug-likeness (QED) is 0.756. The van der Waals surface area contributed by atoms with E-state index in [-0.39, 0.29) is 23.8 Å². The normalized spacial score (nSPS) is 13.0. The Hall–Kier alpha value is -3.01. The fraction of sp³-hybridized carbons (Fsp3) is 0.200. The first-order chi connectivity index (χ1) is 11.8. The Morgan fingerprint density at radius 2 is 1.96 bits per heavy atom. The van der Waals surface area contributed by atoms with E-state index in [2.05, 4.69) is 9.84 Å². The Labute approximate surface area is 137 Å². The molecule has 0 aliphatic carbocycles. The second-order valence-electron chi connectivity index (χ2n) is 4.97. The van der Waals surface area contributed by atoms with Gasteiger partial charge in [-0.2, -0.15) is 4.68 Å². The zero-order chi connectivity index (χ0) is 18.0. The van der Waals surface area contributed by atoms with Crippen molar-refractivity contribution in [3.63, 3.8) is 0 Å². The fourth-order valence-electron chi connectivity index (χ4n) is 2.08. The van der Waals surface area contributed by atoms with Crippen LogP contribution in [0.4, 0.5) is 13.2 Å². The van der Waals surface area contributed by atoms with E-state index < -0.39 is 24.0 Å². The number of halogens is 3. The molecule has 0 bridgehead atoms. The number of furan rings is 1. The van der Waals surface area contributed by atoms with E-state index in [1.807, 2.05) is 0 Å². The van der Waals surface area contributed by atoms with Gasteiger partial charge in [-0.3, -0.25) is 0 Å². The van der Waals surface area contributed by atoms with Gasteiger partial charge in [0.25, 0.3) is 5.89 Å². The van der Waals surface area contributed by atoms with Crippen LogP contribution in [0.2, 0.25) is 0 Å². The predicted molar refractivity (Wildman–Crippen MR) is 76.5 cm³/mol. The van der Waals surface area contributed by atoms with Crippen molar-refractivity contribution in [2.24, 2.45) is 0 Å². The minimum Gasteiger partial charge on any atom is -0.459 e. The molecule has 0 fully saturated rings. The maximum atomic E-state index is 12.1. The lowest BCUT2D eigenvalue weighted by molar-refractivity contribution is -0.274. The molecule has 132 valence electrons. The summed E-state index contributed by atoms with van der Waals surface area (Å²) in [6.07, 6.45) is -4.60. The number of rotatable bonds is 5. The van der Waals surface area contributed by atoms with Crippen LogP contribution in [0.5, 0.6) is 5.75 Å². The third kappa shape index (κ3) is 4.10.